The van der Waals surface area contributed by atoms with Gasteiger partial charge in [-0.1, -0.05) is 0 Å². The summed E-state index contributed by atoms with van der Waals surface area (Å²) < 4.78 is 15.7. The molecule has 0 bridgehead atoms. The van der Waals surface area contributed by atoms with Crippen molar-refractivity contribution in [1.29, 1.82) is 0 Å². The van der Waals surface area contributed by atoms with Crippen LogP contribution in [0.15, 0.2) is 24.3 Å². The predicted molar refractivity (Wildman–Crippen MR) is 111 cm³/mol. The third-order valence-corrected chi connectivity index (χ3v) is 4.87. The van der Waals surface area contributed by atoms with E-state index in [9.17, 15) is 14.4 Å². The summed E-state index contributed by atoms with van der Waals surface area (Å²) in [6.07, 6.45) is -0.764. The highest BCUT2D eigenvalue weighted by Crippen LogP contribution is 2.24. The minimum atomic E-state index is -0.874. The van der Waals surface area contributed by atoms with Crippen LogP contribution >= 0.6 is 0 Å². The van der Waals surface area contributed by atoms with E-state index in [-0.39, 0.29) is 31.1 Å². The summed E-state index contributed by atoms with van der Waals surface area (Å²) >= 11 is 0. The van der Waals surface area contributed by atoms with Crippen molar-refractivity contribution in [2.45, 2.75) is 44.9 Å². The maximum atomic E-state index is 12.9. The molecule has 170 valence electrons. The van der Waals surface area contributed by atoms with Crippen LogP contribution in [0.25, 0.3) is 0 Å². The van der Waals surface area contributed by atoms with Gasteiger partial charge in [0.2, 0.25) is 5.91 Å². The van der Waals surface area contributed by atoms with Crippen molar-refractivity contribution in [1.82, 2.24) is 5.06 Å². The molecule has 31 heavy (non-hydrogen) atoms. The fourth-order valence-electron chi connectivity index (χ4n) is 3.38. The molecule has 0 aliphatic carbocycles. The van der Waals surface area contributed by atoms with Crippen LogP contribution in [-0.2, 0) is 28.6 Å². The number of nitrogens with zero attached hydrogens (tertiary/aromatic N) is 2. The zero-order chi connectivity index (χ0) is 22.6. The number of carbonyl (C=O) groups excluding carboxylic acids is 3. The van der Waals surface area contributed by atoms with Gasteiger partial charge in [0.15, 0.2) is 0 Å². The highest BCUT2D eigenvalue weighted by atomic mass is 16.8. The van der Waals surface area contributed by atoms with Crippen LogP contribution in [-0.4, -0.2) is 74.2 Å². The minimum Gasteiger partial charge on any atom is -0.427 e. The Morgan fingerprint density at radius 3 is 2.52 bits per heavy atom. The summed E-state index contributed by atoms with van der Waals surface area (Å²) in [4.78, 5) is 43.8. The molecule has 2 aliphatic heterocycles. The number of benzene rings is 1. The molecule has 2 saturated heterocycles. The number of amides is 2. The fourth-order valence-corrected chi connectivity index (χ4v) is 3.38. The van der Waals surface area contributed by atoms with Gasteiger partial charge in [0.05, 0.1) is 19.3 Å². The Morgan fingerprint density at radius 1 is 1.19 bits per heavy atom. The Morgan fingerprint density at radius 2 is 1.90 bits per heavy atom. The first-order valence-corrected chi connectivity index (χ1v) is 10.2. The molecule has 2 amide bonds. The molecular weight excluding hydrogens is 406 g/mol. The molecule has 1 N–H and O–H groups in total. The monoisotopic (exact) mass is 435 g/mol. The Kier molecular flexibility index (Phi) is 7.14. The lowest BCUT2D eigenvalue weighted by molar-refractivity contribution is -0.161. The van der Waals surface area contributed by atoms with Gasteiger partial charge < -0.3 is 29.3 Å². The first-order chi connectivity index (χ1) is 14.7. The standard InChI is InChI=1S/C21H29N3O7/c1-21(2,3)30-20(27)31-24-12-16(28-4)11-17(24)19(26)22-14-5-7-15(8-6-14)23-9-10-29-13-18(23)25/h5-8,16-17H,9-13H2,1-4H3,(H,22,26)/t16-,17-/m1/s1. The van der Waals surface area contributed by atoms with Crippen LogP contribution in [0.1, 0.15) is 27.2 Å². The highest BCUT2D eigenvalue weighted by Gasteiger charge is 2.40. The van der Waals surface area contributed by atoms with E-state index < -0.39 is 17.8 Å². The van der Waals surface area contributed by atoms with Gasteiger partial charge in [-0.05, 0) is 45.0 Å². The molecule has 0 aromatic heterocycles. The summed E-state index contributed by atoms with van der Waals surface area (Å²) in [5.74, 6) is -0.437. The number of carbonyl (C=O) groups is 3. The second-order valence-corrected chi connectivity index (χ2v) is 8.40. The Labute approximate surface area is 181 Å². The van der Waals surface area contributed by atoms with Gasteiger partial charge >= 0.3 is 6.16 Å². The van der Waals surface area contributed by atoms with Gasteiger partial charge in [-0.25, -0.2) is 4.79 Å². The summed E-state index contributed by atoms with van der Waals surface area (Å²) in [5, 5.41) is 4.11. The number of ether oxygens (including phenoxy) is 3. The third-order valence-electron chi connectivity index (χ3n) is 4.87. The molecule has 0 radical (unpaired) electrons. The van der Waals surface area contributed by atoms with Crippen molar-refractivity contribution in [3.05, 3.63) is 24.3 Å². The average molecular weight is 435 g/mol. The van der Waals surface area contributed by atoms with Gasteiger partial charge in [-0.15, -0.1) is 5.06 Å². The van der Waals surface area contributed by atoms with Crippen LogP contribution in [0.5, 0.6) is 0 Å². The molecule has 10 heteroatoms. The number of methoxy groups -OCH3 is 1. The maximum Gasteiger partial charge on any atom is 0.528 e. The van der Waals surface area contributed by atoms with Crippen LogP contribution in [0, 0.1) is 0 Å². The molecule has 3 rings (SSSR count). The molecule has 2 heterocycles. The first kappa shape index (κ1) is 23.0. The third kappa shape index (κ3) is 6.16. The second kappa shape index (κ2) is 9.63. The van der Waals surface area contributed by atoms with Crippen molar-refractivity contribution in [2.24, 2.45) is 0 Å². The average Bonchev–Trinajstić information content (AvgIpc) is 3.10. The number of hydrogen-bond acceptors (Lipinski definition) is 8. The normalized spacial score (nSPS) is 22.3. The van der Waals surface area contributed by atoms with Gasteiger partial charge in [0.1, 0.15) is 18.2 Å². The van der Waals surface area contributed by atoms with Crippen LogP contribution in [0.2, 0.25) is 0 Å². The molecule has 0 spiro atoms. The van der Waals surface area contributed by atoms with Gasteiger partial charge in [0, 0.05) is 31.5 Å². The van der Waals surface area contributed by atoms with Crippen molar-refractivity contribution >= 4 is 29.3 Å². The van der Waals surface area contributed by atoms with E-state index in [2.05, 4.69) is 5.32 Å². The maximum absolute atomic E-state index is 12.9. The number of rotatable bonds is 5. The Hall–Kier alpha value is -2.69. The van der Waals surface area contributed by atoms with Gasteiger partial charge in [0.25, 0.3) is 5.91 Å². The van der Waals surface area contributed by atoms with Crippen molar-refractivity contribution in [3.8, 4) is 0 Å². The zero-order valence-corrected chi connectivity index (χ0v) is 18.3. The smallest absolute Gasteiger partial charge is 0.427 e. The lowest BCUT2D eigenvalue weighted by atomic mass is 10.2. The summed E-state index contributed by atoms with van der Waals surface area (Å²) in [5.41, 5.74) is 0.591. The van der Waals surface area contributed by atoms with Crippen LogP contribution in [0.3, 0.4) is 0 Å². The van der Waals surface area contributed by atoms with Gasteiger partial charge in [-0.3, -0.25) is 9.59 Å². The van der Waals surface area contributed by atoms with Crippen molar-refractivity contribution in [3.63, 3.8) is 0 Å². The molecular formula is C21H29N3O7. The van der Waals surface area contributed by atoms with E-state index in [1.165, 1.54) is 5.06 Å². The summed E-state index contributed by atoms with van der Waals surface area (Å²) in [6, 6.07) is 6.24. The Bertz CT molecular complexity index is 806. The van der Waals surface area contributed by atoms with E-state index in [0.29, 0.717) is 25.3 Å². The quantitative estimate of drug-likeness (QED) is 0.700. The van der Waals surface area contributed by atoms with Crippen LogP contribution < -0.4 is 10.2 Å². The van der Waals surface area contributed by atoms with E-state index >= 15 is 0 Å². The zero-order valence-electron chi connectivity index (χ0n) is 18.3. The number of hydroxylamine groups is 2. The number of hydrogen-bond donors (Lipinski definition) is 1. The van der Waals surface area contributed by atoms with Crippen LogP contribution in [0.4, 0.5) is 16.2 Å². The van der Waals surface area contributed by atoms with E-state index in [4.69, 9.17) is 19.0 Å². The van der Waals surface area contributed by atoms with E-state index in [0.717, 1.165) is 5.69 Å². The SMILES string of the molecule is CO[C@@H]1C[C@H](C(=O)Nc2ccc(N3CCOCC3=O)cc2)N(OC(=O)OC(C)(C)C)C1. The molecule has 1 aromatic rings. The second-order valence-electron chi connectivity index (χ2n) is 8.40. The fraction of sp³-hybridized carbons (Fsp3) is 0.571. The molecule has 2 fully saturated rings. The molecule has 10 nitrogen and oxygen atoms in total. The van der Waals surface area contributed by atoms with Crippen molar-refractivity contribution in [2.75, 3.05) is 43.6 Å². The Balaban J connectivity index is 1.63. The number of anilines is 2. The minimum absolute atomic E-state index is 0.0638. The molecule has 1 aromatic carbocycles. The first-order valence-electron chi connectivity index (χ1n) is 10.2. The molecule has 0 unspecified atom stereocenters. The molecule has 2 atom stereocenters. The molecule has 2 aliphatic rings. The summed E-state index contributed by atoms with van der Waals surface area (Å²) in [7, 11) is 1.54. The predicted octanol–water partition coefficient (Wildman–Crippen LogP) is 1.94. The summed E-state index contributed by atoms with van der Waals surface area (Å²) in [6.45, 7) is 6.49. The topological polar surface area (TPSA) is 107 Å². The molecule has 0 saturated carbocycles. The highest BCUT2D eigenvalue weighted by molar-refractivity contribution is 5.97. The van der Waals surface area contributed by atoms with E-state index in [1.54, 1.807) is 57.0 Å². The largest absolute Gasteiger partial charge is 0.528 e. The van der Waals surface area contributed by atoms with Gasteiger partial charge in [-0.2, -0.15) is 0 Å². The number of nitrogens with one attached hydrogen (secondary N) is 1. The van der Waals surface area contributed by atoms with E-state index in [1.807, 2.05) is 0 Å². The van der Waals surface area contributed by atoms with Crippen molar-refractivity contribution < 1.29 is 33.4 Å². The lowest BCUT2D eigenvalue weighted by Crippen LogP contribution is -2.42. The lowest BCUT2D eigenvalue weighted by Gasteiger charge is -2.27. The number of morpholine rings is 1.